The van der Waals surface area contributed by atoms with Crippen LogP contribution in [0.25, 0.3) is 5.69 Å². The quantitative estimate of drug-likeness (QED) is 0.289. The molecule has 3 rings (SSSR count). The van der Waals surface area contributed by atoms with Gasteiger partial charge in [-0.2, -0.15) is 5.10 Å². The van der Waals surface area contributed by atoms with E-state index in [-0.39, 0.29) is 11.3 Å². The molecular formula is C16H14N4O6. The highest BCUT2D eigenvalue weighted by molar-refractivity contribution is 6.15. The number of aromatic nitrogens is 2. The fourth-order valence-electron chi connectivity index (χ4n) is 2.26. The Hall–Kier alpha value is -3.69. The molecule has 2 aromatic rings. The summed E-state index contributed by atoms with van der Waals surface area (Å²) < 4.78 is 11.3. The van der Waals surface area contributed by atoms with Gasteiger partial charge in [-0.1, -0.05) is 12.1 Å². The normalized spacial score (nSPS) is 15.8. The maximum absolute atomic E-state index is 12.0. The largest absolute Gasteiger partial charge is 0.419 e. The zero-order valence-electron chi connectivity index (χ0n) is 13.8. The fraction of sp³-hybridized carbons (Fsp3) is 0.188. The van der Waals surface area contributed by atoms with Gasteiger partial charge >= 0.3 is 17.6 Å². The van der Waals surface area contributed by atoms with Gasteiger partial charge in [-0.3, -0.25) is 10.1 Å². The Balaban J connectivity index is 1.88. The van der Waals surface area contributed by atoms with Crippen LogP contribution in [0.15, 0.2) is 48.4 Å². The van der Waals surface area contributed by atoms with E-state index in [1.54, 1.807) is 24.3 Å². The Morgan fingerprint density at radius 1 is 1.23 bits per heavy atom. The van der Waals surface area contributed by atoms with Crippen LogP contribution in [0.3, 0.4) is 0 Å². The van der Waals surface area contributed by atoms with Gasteiger partial charge in [0.2, 0.25) is 0 Å². The predicted molar refractivity (Wildman–Crippen MR) is 88.2 cm³/mol. The first-order valence-electron chi connectivity index (χ1n) is 7.49. The summed E-state index contributed by atoms with van der Waals surface area (Å²) in [5, 5.41) is 17.6. The van der Waals surface area contributed by atoms with E-state index >= 15 is 0 Å². The van der Waals surface area contributed by atoms with Crippen LogP contribution in [0.5, 0.6) is 0 Å². The average Bonchev–Trinajstić information content (AvgIpc) is 3.03. The van der Waals surface area contributed by atoms with E-state index in [1.807, 2.05) is 0 Å². The molecule has 0 spiro atoms. The standard InChI is InChI=1S/C16H14N4O6/c1-16(2)25-14(21)11(15(22)26-16)8-17-12-5-3-4-6-13(12)19-9-10(7-18-19)20(23)24/h3-9,17H,1-2H3. The molecule has 0 saturated carbocycles. The molecule has 10 nitrogen and oxygen atoms in total. The predicted octanol–water partition coefficient (Wildman–Crippen LogP) is 1.91. The molecule has 134 valence electrons. The second kappa shape index (κ2) is 6.31. The minimum absolute atomic E-state index is 0.167. The van der Waals surface area contributed by atoms with Gasteiger partial charge in [0, 0.05) is 20.0 Å². The molecule has 1 fully saturated rings. The molecule has 0 radical (unpaired) electrons. The number of carbonyl (C=O) groups is 2. The number of esters is 2. The monoisotopic (exact) mass is 358 g/mol. The number of hydrogen-bond donors (Lipinski definition) is 1. The summed E-state index contributed by atoms with van der Waals surface area (Å²) in [4.78, 5) is 34.2. The van der Waals surface area contributed by atoms with Crippen LogP contribution in [0.1, 0.15) is 13.8 Å². The Kier molecular flexibility index (Phi) is 4.16. The van der Waals surface area contributed by atoms with Crippen LogP contribution in [0.4, 0.5) is 11.4 Å². The SMILES string of the molecule is CC1(C)OC(=O)C(=CNc2ccccc2-n2cc([N+](=O)[O-])cn2)C(=O)O1. The van der Waals surface area contributed by atoms with Crippen LogP contribution in [-0.2, 0) is 19.1 Å². The van der Waals surface area contributed by atoms with Gasteiger partial charge in [-0.25, -0.2) is 14.3 Å². The Labute approximate surface area is 147 Å². The molecule has 0 atom stereocenters. The van der Waals surface area contributed by atoms with Gasteiger partial charge in [0.1, 0.15) is 12.4 Å². The van der Waals surface area contributed by atoms with E-state index in [2.05, 4.69) is 10.4 Å². The summed E-state index contributed by atoms with van der Waals surface area (Å²) in [5.41, 5.74) is 0.476. The summed E-state index contributed by atoms with van der Waals surface area (Å²) in [6.45, 7) is 2.90. The molecule has 1 N–H and O–H groups in total. The molecule has 0 unspecified atom stereocenters. The number of benzene rings is 1. The Morgan fingerprint density at radius 2 is 1.88 bits per heavy atom. The molecule has 1 aromatic heterocycles. The van der Waals surface area contributed by atoms with Crippen molar-refractivity contribution in [1.82, 2.24) is 9.78 Å². The van der Waals surface area contributed by atoms with Crippen LogP contribution < -0.4 is 5.32 Å². The molecule has 1 aliphatic heterocycles. The van der Waals surface area contributed by atoms with Gasteiger partial charge in [0.25, 0.3) is 5.79 Å². The summed E-state index contributed by atoms with van der Waals surface area (Å²) in [7, 11) is 0. The second-order valence-corrected chi connectivity index (χ2v) is 5.80. The molecule has 0 bridgehead atoms. The Morgan fingerprint density at radius 3 is 2.50 bits per heavy atom. The van der Waals surface area contributed by atoms with Crippen molar-refractivity contribution in [3.8, 4) is 5.69 Å². The first-order valence-corrected chi connectivity index (χ1v) is 7.49. The van der Waals surface area contributed by atoms with Crippen LogP contribution in [0.2, 0.25) is 0 Å². The van der Waals surface area contributed by atoms with Crippen molar-refractivity contribution in [2.75, 3.05) is 5.32 Å². The lowest BCUT2D eigenvalue weighted by Crippen LogP contribution is -2.42. The highest BCUT2D eigenvalue weighted by Crippen LogP contribution is 2.25. The minimum Gasteiger partial charge on any atom is -0.419 e. The van der Waals surface area contributed by atoms with E-state index in [0.717, 1.165) is 12.4 Å². The van der Waals surface area contributed by atoms with Crippen molar-refractivity contribution in [2.24, 2.45) is 0 Å². The number of carbonyl (C=O) groups excluding carboxylic acids is 2. The number of cyclic esters (lactones) is 2. The summed E-state index contributed by atoms with van der Waals surface area (Å²) in [6, 6.07) is 6.75. The minimum atomic E-state index is -1.32. The van der Waals surface area contributed by atoms with E-state index in [0.29, 0.717) is 11.4 Å². The first kappa shape index (κ1) is 17.1. The van der Waals surface area contributed by atoms with Crippen molar-refractivity contribution >= 4 is 23.3 Å². The maximum Gasteiger partial charge on any atom is 0.350 e. The van der Waals surface area contributed by atoms with Crippen molar-refractivity contribution in [2.45, 2.75) is 19.6 Å². The van der Waals surface area contributed by atoms with Crippen LogP contribution >= 0.6 is 0 Å². The number of rotatable bonds is 4. The summed E-state index contributed by atoms with van der Waals surface area (Å²) in [6.07, 6.45) is 3.53. The summed E-state index contributed by atoms with van der Waals surface area (Å²) >= 11 is 0. The van der Waals surface area contributed by atoms with E-state index in [9.17, 15) is 19.7 Å². The number of nitrogens with zero attached hydrogens (tertiary/aromatic N) is 3. The van der Waals surface area contributed by atoms with Gasteiger partial charge in [0.15, 0.2) is 5.57 Å². The van der Waals surface area contributed by atoms with Crippen molar-refractivity contribution in [3.63, 3.8) is 0 Å². The lowest BCUT2D eigenvalue weighted by Gasteiger charge is -2.29. The zero-order valence-corrected chi connectivity index (χ0v) is 13.8. The van der Waals surface area contributed by atoms with Crippen LogP contribution in [-0.4, -0.2) is 32.4 Å². The van der Waals surface area contributed by atoms with E-state index in [1.165, 1.54) is 24.7 Å². The molecular weight excluding hydrogens is 344 g/mol. The van der Waals surface area contributed by atoms with E-state index in [4.69, 9.17) is 9.47 Å². The third-order valence-electron chi connectivity index (χ3n) is 3.42. The lowest BCUT2D eigenvalue weighted by atomic mass is 10.2. The highest BCUT2D eigenvalue weighted by atomic mass is 16.7. The van der Waals surface area contributed by atoms with Gasteiger partial charge in [-0.15, -0.1) is 0 Å². The average molecular weight is 358 g/mol. The van der Waals surface area contributed by atoms with Gasteiger partial charge < -0.3 is 14.8 Å². The number of anilines is 1. The molecule has 2 heterocycles. The third kappa shape index (κ3) is 3.38. The van der Waals surface area contributed by atoms with Crippen molar-refractivity contribution in [1.29, 1.82) is 0 Å². The Bertz CT molecular complexity index is 908. The number of para-hydroxylation sites is 2. The van der Waals surface area contributed by atoms with Gasteiger partial charge in [-0.05, 0) is 12.1 Å². The van der Waals surface area contributed by atoms with Crippen molar-refractivity contribution < 1.29 is 24.0 Å². The molecule has 0 amide bonds. The van der Waals surface area contributed by atoms with Crippen molar-refractivity contribution in [3.05, 3.63) is 58.5 Å². The lowest BCUT2D eigenvalue weighted by molar-refractivity contribution is -0.384. The summed E-state index contributed by atoms with van der Waals surface area (Å²) in [5.74, 6) is -2.95. The fourth-order valence-corrected chi connectivity index (χ4v) is 2.26. The molecule has 10 heteroatoms. The third-order valence-corrected chi connectivity index (χ3v) is 3.42. The number of hydrogen-bond acceptors (Lipinski definition) is 8. The zero-order chi connectivity index (χ0) is 18.9. The second-order valence-electron chi connectivity index (χ2n) is 5.80. The van der Waals surface area contributed by atoms with Crippen LogP contribution in [0, 0.1) is 10.1 Å². The number of nitro groups is 1. The van der Waals surface area contributed by atoms with Gasteiger partial charge in [0.05, 0.1) is 16.3 Å². The number of nitrogens with one attached hydrogen (secondary N) is 1. The number of ether oxygens (including phenoxy) is 2. The molecule has 1 aliphatic rings. The molecule has 26 heavy (non-hydrogen) atoms. The maximum atomic E-state index is 12.0. The highest BCUT2D eigenvalue weighted by Gasteiger charge is 2.38. The molecule has 1 aromatic carbocycles. The molecule has 0 aliphatic carbocycles. The first-order chi connectivity index (χ1) is 12.3. The smallest absolute Gasteiger partial charge is 0.350 e. The molecule has 1 saturated heterocycles. The van der Waals surface area contributed by atoms with E-state index < -0.39 is 22.6 Å². The topological polar surface area (TPSA) is 126 Å².